The molecule has 1 aliphatic carbocycles. The van der Waals surface area contributed by atoms with E-state index in [-0.39, 0.29) is 0 Å². The van der Waals surface area contributed by atoms with E-state index in [1.165, 1.54) is 31.3 Å². The summed E-state index contributed by atoms with van der Waals surface area (Å²) in [6, 6.07) is 1.89. The largest absolute Gasteiger partial charge is 0.357 e. The van der Waals surface area contributed by atoms with Gasteiger partial charge in [-0.3, -0.25) is 0 Å². The molecule has 2 nitrogen and oxygen atoms in total. The SMILES string of the molecule is C(=C1CCCC1)c1ccno1. The van der Waals surface area contributed by atoms with Crippen molar-refractivity contribution in [2.24, 2.45) is 0 Å². The maximum atomic E-state index is 4.97. The second-order valence-electron chi connectivity index (χ2n) is 2.92. The van der Waals surface area contributed by atoms with Gasteiger partial charge in [0, 0.05) is 6.07 Å². The summed E-state index contributed by atoms with van der Waals surface area (Å²) in [7, 11) is 0. The van der Waals surface area contributed by atoms with Crippen molar-refractivity contribution >= 4 is 6.08 Å². The number of aromatic nitrogens is 1. The monoisotopic (exact) mass is 149 g/mol. The molecular weight excluding hydrogens is 138 g/mol. The molecule has 0 bridgehead atoms. The van der Waals surface area contributed by atoms with Crippen LogP contribution in [0.15, 0.2) is 22.4 Å². The van der Waals surface area contributed by atoms with Crippen LogP contribution in [0.4, 0.5) is 0 Å². The van der Waals surface area contributed by atoms with Gasteiger partial charge in [-0.2, -0.15) is 0 Å². The van der Waals surface area contributed by atoms with Gasteiger partial charge in [0.15, 0.2) is 5.76 Å². The second-order valence-corrected chi connectivity index (χ2v) is 2.92. The number of hydrogen-bond acceptors (Lipinski definition) is 2. The molecule has 1 fully saturated rings. The van der Waals surface area contributed by atoms with Crippen LogP contribution in [0.25, 0.3) is 6.08 Å². The summed E-state index contributed by atoms with van der Waals surface area (Å²) in [5, 5.41) is 3.64. The highest BCUT2D eigenvalue weighted by atomic mass is 16.5. The second kappa shape index (κ2) is 2.91. The van der Waals surface area contributed by atoms with Crippen LogP contribution in [0.2, 0.25) is 0 Å². The lowest BCUT2D eigenvalue weighted by Gasteiger charge is -1.89. The standard InChI is InChI=1S/C9H11NO/c1-2-4-8(3-1)7-9-5-6-10-11-9/h5-7H,1-4H2. The van der Waals surface area contributed by atoms with E-state index in [4.69, 9.17) is 4.52 Å². The quantitative estimate of drug-likeness (QED) is 0.613. The third-order valence-corrected chi connectivity index (χ3v) is 2.05. The zero-order chi connectivity index (χ0) is 7.52. The van der Waals surface area contributed by atoms with Crippen molar-refractivity contribution in [1.82, 2.24) is 5.16 Å². The lowest BCUT2D eigenvalue weighted by atomic mass is 10.2. The summed E-state index contributed by atoms with van der Waals surface area (Å²) in [5.74, 6) is 0.891. The molecule has 2 rings (SSSR count). The minimum atomic E-state index is 0.891. The first-order valence-corrected chi connectivity index (χ1v) is 4.05. The van der Waals surface area contributed by atoms with Crippen LogP contribution >= 0.6 is 0 Å². The number of hydrogen-bond donors (Lipinski definition) is 0. The summed E-state index contributed by atoms with van der Waals surface area (Å²) >= 11 is 0. The average Bonchev–Trinajstić information content (AvgIpc) is 2.60. The Morgan fingerprint density at radius 2 is 2.18 bits per heavy atom. The van der Waals surface area contributed by atoms with Crippen molar-refractivity contribution in [3.05, 3.63) is 23.6 Å². The molecule has 0 unspecified atom stereocenters. The Balaban J connectivity index is 2.13. The van der Waals surface area contributed by atoms with E-state index < -0.39 is 0 Å². The van der Waals surface area contributed by atoms with E-state index >= 15 is 0 Å². The molecule has 1 aromatic heterocycles. The van der Waals surface area contributed by atoms with Crippen molar-refractivity contribution < 1.29 is 4.52 Å². The summed E-state index contributed by atoms with van der Waals surface area (Å²) in [6.07, 6.45) is 8.93. The Labute approximate surface area is 65.9 Å². The van der Waals surface area contributed by atoms with E-state index in [9.17, 15) is 0 Å². The van der Waals surface area contributed by atoms with Crippen LogP contribution < -0.4 is 0 Å². The number of nitrogens with zero attached hydrogens (tertiary/aromatic N) is 1. The number of allylic oxidation sites excluding steroid dienone is 1. The predicted molar refractivity (Wildman–Crippen MR) is 42.9 cm³/mol. The average molecular weight is 149 g/mol. The van der Waals surface area contributed by atoms with E-state index in [1.807, 2.05) is 6.07 Å². The first-order chi connectivity index (χ1) is 5.45. The van der Waals surface area contributed by atoms with Gasteiger partial charge in [0.2, 0.25) is 0 Å². The molecule has 1 heterocycles. The van der Waals surface area contributed by atoms with Gasteiger partial charge < -0.3 is 4.52 Å². The molecule has 0 atom stereocenters. The highest BCUT2D eigenvalue weighted by Crippen LogP contribution is 2.25. The summed E-state index contributed by atoms with van der Waals surface area (Å²) in [6.45, 7) is 0. The van der Waals surface area contributed by atoms with Crippen LogP contribution in [0.5, 0.6) is 0 Å². The molecule has 0 aromatic carbocycles. The Kier molecular flexibility index (Phi) is 1.76. The van der Waals surface area contributed by atoms with Gasteiger partial charge in [-0.1, -0.05) is 10.7 Å². The van der Waals surface area contributed by atoms with Crippen molar-refractivity contribution in [1.29, 1.82) is 0 Å². The molecular formula is C9H11NO. The molecule has 0 aliphatic heterocycles. The van der Waals surface area contributed by atoms with Gasteiger partial charge in [0.05, 0.1) is 6.20 Å². The van der Waals surface area contributed by atoms with Crippen LogP contribution in [-0.2, 0) is 0 Å². The normalized spacial score (nSPS) is 17.3. The predicted octanol–water partition coefficient (Wildman–Crippen LogP) is 2.63. The van der Waals surface area contributed by atoms with Gasteiger partial charge in [0.25, 0.3) is 0 Å². The van der Waals surface area contributed by atoms with Crippen molar-refractivity contribution in [3.8, 4) is 0 Å². The van der Waals surface area contributed by atoms with Crippen LogP contribution in [0, 0.1) is 0 Å². The first-order valence-electron chi connectivity index (χ1n) is 4.05. The highest BCUT2D eigenvalue weighted by Gasteiger charge is 2.06. The molecule has 2 heteroatoms. The maximum absolute atomic E-state index is 4.97. The van der Waals surface area contributed by atoms with Crippen molar-refractivity contribution in [3.63, 3.8) is 0 Å². The Hall–Kier alpha value is -1.05. The molecule has 0 N–H and O–H groups in total. The molecule has 1 saturated carbocycles. The highest BCUT2D eigenvalue weighted by molar-refractivity contribution is 5.47. The molecule has 0 amide bonds. The zero-order valence-electron chi connectivity index (χ0n) is 6.42. The summed E-state index contributed by atoms with van der Waals surface area (Å²) in [4.78, 5) is 0. The molecule has 0 radical (unpaired) electrons. The third kappa shape index (κ3) is 1.50. The lowest BCUT2D eigenvalue weighted by molar-refractivity contribution is 0.412. The van der Waals surface area contributed by atoms with Gasteiger partial charge in [-0.25, -0.2) is 0 Å². The van der Waals surface area contributed by atoms with Crippen LogP contribution in [0.3, 0.4) is 0 Å². The van der Waals surface area contributed by atoms with E-state index in [0.29, 0.717) is 0 Å². The Morgan fingerprint density at radius 1 is 1.36 bits per heavy atom. The molecule has 0 spiro atoms. The van der Waals surface area contributed by atoms with Crippen molar-refractivity contribution in [2.75, 3.05) is 0 Å². The topological polar surface area (TPSA) is 26.0 Å². The van der Waals surface area contributed by atoms with E-state index in [0.717, 1.165) is 5.76 Å². The molecule has 0 saturated heterocycles. The fraction of sp³-hybridized carbons (Fsp3) is 0.444. The zero-order valence-corrected chi connectivity index (χ0v) is 6.42. The number of rotatable bonds is 1. The van der Waals surface area contributed by atoms with Gasteiger partial charge in [-0.05, 0) is 31.8 Å². The summed E-state index contributed by atoms with van der Waals surface area (Å²) in [5.41, 5.74) is 1.50. The fourth-order valence-electron chi connectivity index (χ4n) is 1.47. The molecule has 11 heavy (non-hydrogen) atoms. The third-order valence-electron chi connectivity index (χ3n) is 2.05. The fourth-order valence-corrected chi connectivity index (χ4v) is 1.47. The minimum absolute atomic E-state index is 0.891. The Bertz CT molecular complexity index is 241. The first kappa shape index (κ1) is 6.65. The van der Waals surface area contributed by atoms with Gasteiger partial charge in [0.1, 0.15) is 0 Å². The van der Waals surface area contributed by atoms with Crippen LogP contribution in [0.1, 0.15) is 31.4 Å². The molecule has 58 valence electrons. The van der Waals surface area contributed by atoms with Gasteiger partial charge in [-0.15, -0.1) is 0 Å². The molecule has 1 aromatic rings. The van der Waals surface area contributed by atoms with Crippen molar-refractivity contribution in [2.45, 2.75) is 25.7 Å². The van der Waals surface area contributed by atoms with E-state index in [2.05, 4.69) is 11.2 Å². The molecule has 1 aliphatic rings. The van der Waals surface area contributed by atoms with Gasteiger partial charge >= 0.3 is 0 Å². The lowest BCUT2D eigenvalue weighted by Crippen LogP contribution is -1.70. The smallest absolute Gasteiger partial charge is 0.159 e. The van der Waals surface area contributed by atoms with E-state index in [1.54, 1.807) is 6.20 Å². The summed E-state index contributed by atoms with van der Waals surface area (Å²) < 4.78 is 4.97. The Morgan fingerprint density at radius 3 is 2.82 bits per heavy atom. The van der Waals surface area contributed by atoms with Crippen LogP contribution in [-0.4, -0.2) is 5.16 Å². The maximum Gasteiger partial charge on any atom is 0.159 e. The minimum Gasteiger partial charge on any atom is -0.357 e.